The minimum atomic E-state index is 0.0536. The van der Waals surface area contributed by atoms with Crippen molar-refractivity contribution in [2.75, 3.05) is 0 Å². The van der Waals surface area contributed by atoms with Gasteiger partial charge in [0, 0.05) is 17.6 Å². The lowest BCUT2D eigenvalue weighted by atomic mass is 9.95. The molecule has 1 fully saturated rings. The van der Waals surface area contributed by atoms with Crippen LogP contribution >= 0.6 is 23.6 Å². The van der Waals surface area contributed by atoms with Crippen molar-refractivity contribution < 1.29 is 4.74 Å². The van der Waals surface area contributed by atoms with Gasteiger partial charge in [0.15, 0.2) is 4.80 Å². The second-order valence-corrected chi connectivity index (χ2v) is 10.5. The van der Waals surface area contributed by atoms with Gasteiger partial charge in [-0.15, -0.1) is 11.3 Å². The van der Waals surface area contributed by atoms with E-state index in [0.29, 0.717) is 16.5 Å². The quantitative estimate of drug-likeness (QED) is 0.585. The molecular weight excluding hydrogens is 398 g/mol. The summed E-state index contributed by atoms with van der Waals surface area (Å²) in [6, 6.07) is 7.63. The summed E-state index contributed by atoms with van der Waals surface area (Å²) in [5.41, 5.74) is 1.35. The zero-order valence-electron chi connectivity index (χ0n) is 17.9. The second-order valence-electron chi connectivity index (χ2n) is 9.08. The molecule has 0 spiro atoms. The molecule has 1 aliphatic rings. The summed E-state index contributed by atoms with van der Waals surface area (Å²) in [6.45, 7) is 11.9. The molecule has 0 amide bonds. The van der Waals surface area contributed by atoms with Crippen LogP contribution < -0.4 is 9.54 Å². The fraction of sp³-hybridized carbons (Fsp3) is 0.522. The second kappa shape index (κ2) is 8.81. The third-order valence-corrected chi connectivity index (χ3v) is 6.66. The maximum absolute atomic E-state index is 9.33. The molecular formula is C23H29N3OS2. The number of ether oxygens (including phenoxy) is 1. The molecule has 0 saturated heterocycles. The van der Waals surface area contributed by atoms with E-state index in [1.807, 2.05) is 6.07 Å². The Morgan fingerprint density at radius 3 is 2.66 bits per heavy atom. The summed E-state index contributed by atoms with van der Waals surface area (Å²) in [7, 11) is 0. The number of nitrogens with zero attached hydrogens (tertiary/aromatic N) is 3. The van der Waals surface area contributed by atoms with Gasteiger partial charge in [-0.05, 0) is 48.8 Å². The first-order valence-electron chi connectivity index (χ1n) is 10.2. The van der Waals surface area contributed by atoms with Crippen LogP contribution in [0.4, 0.5) is 0 Å². The Morgan fingerprint density at radius 1 is 1.38 bits per heavy atom. The minimum Gasteiger partial charge on any atom is -0.490 e. The third-order valence-electron chi connectivity index (χ3n) is 4.90. The molecule has 29 heavy (non-hydrogen) atoms. The standard InChI is InChI=1S/C23H29N3OS2/c1-15(2)13-26-14-20(23(3,4)5)29-22(26)25-21(28)18-11-16(12-24)9-10-19(18)27-17-7-6-8-17/h9-11,14-15,17H,6-8,13H2,1-5H3. The molecule has 1 aliphatic carbocycles. The highest BCUT2D eigenvalue weighted by atomic mass is 32.1. The van der Waals surface area contributed by atoms with Gasteiger partial charge in [-0.3, -0.25) is 0 Å². The Morgan fingerprint density at radius 2 is 2.10 bits per heavy atom. The Kier molecular flexibility index (Phi) is 6.60. The van der Waals surface area contributed by atoms with Crippen LogP contribution in [0.25, 0.3) is 0 Å². The van der Waals surface area contributed by atoms with Crippen LogP contribution in [0, 0.1) is 17.2 Å². The van der Waals surface area contributed by atoms with Crippen molar-refractivity contribution in [1.82, 2.24) is 4.57 Å². The molecule has 0 N–H and O–H groups in total. The van der Waals surface area contributed by atoms with Gasteiger partial charge in [-0.2, -0.15) is 5.26 Å². The maximum Gasteiger partial charge on any atom is 0.191 e. The van der Waals surface area contributed by atoms with Gasteiger partial charge in [0.2, 0.25) is 0 Å². The van der Waals surface area contributed by atoms with Crippen LogP contribution in [0.3, 0.4) is 0 Å². The highest BCUT2D eigenvalue weighted by molar-refractivity contribution is 7.80. The monoisotopic (exact) mass is 427 g/mol. The third kappa shape index (κ3) is 5.34. The normalized spacial score (nSPS) is 15.3. The number of benzene rings is 1. The zero-order valence-corrected chi connectivity index (χ0v) is 19.5. The number of hydrogen-bond acceptors (Lipinski definition) is 4. The van der Waals surface area contributed by atoms with Crippen molar-refractivity contribution in [2.24, 2.45) is 10.9 Å². The van der Waals surface area contributed by atoms with Gasteiger partial charge in [-0.1, -0.05) is 46.8 Å². The summed E-state index contributed by atoms with van der Waals surface area (Å²) in [6.07, 6.45) is 5.77. The van der Waals surface area contributed by atoms with Crippen molar-refractivity contribution in [1.29, 1.82) is 5.26 Å². The molecule has 1 aromatic heterocycles. The van der Waals surface area contributed by atoms with Crippen LogP contribution in [-0.4, -0.2) is 15.7 Å². The average Bonchev–Trinajstić information content (AvgIpc) is 3.00. The van der Waals surface area contributed by atoms with Gasteiger partial charge >= 0.3 is 0 Å². The van der Waals surface area contributed by atoms with Gasteiger partial charge in [-0.25, -0.2) is 4.99 Å². The first-order valence-corrected chi connectivity index (χ1v) is 11.4. The summed E-state index contributed by atoms with van der Waals surface area (Å²) in [4.78, 5) is 7.46. The van der Waals surface area contributed by atoms with Gasteiger partial charge < -0.3 is 9.30 Å². The molecule has 3 rings (SSSR count). The molecule has 1 aromatic carbocycles. The van der Waals surface area contributed by atoms with E-state index in [-0.39, 0.29) is 11.5 Å². The van der Waals surface area contributed by atoms with E-state index in [4.69, 9.17) is 21.9 Å². The molecule has 1 saturated carbocycles. The first-order chi connectivity index (χ1) is 13.7. The number of aromatic nitrogens is 1. The predicted molar refractivity (Wildman–Crippen MR) is 123 cm³/mol. The SMILES string of the molecule is CC(C)Cn1cc(C(C)(C)C)sc1=NC(=S)c1cc(C#N)ccc1OC1CCC1. The maximum atomic E-state index is 9.33. The molecule has 0 radical (unpaired) electrons. The van der Waals surface area contributed by atoms with Gasteiger partial charge in [0.25, 0.3) is 0 Å². The van der Waals surface area contributed by atoms with E-state index in [9.17, 15) is 5.26 Å². The van der Waals surface area contributed by atoms with Gasteiger partial charge in [0.1, 0.15) is 10.7 Å². The topological polar surface area (TPSA) is 50.3 Å². The number of hydrogen-bond donors (Lipinski definition) is 0. The van der Waals surface area contributed by atoms with Crippen LogP contribution in [0.5, 0.6) is 5.75 Å². The molecule has 1 heterocycles. The summed E-state index contributed by atoms with van der Waals surface area (Å²) >= 11 is 7.40. The summed E-state index contributed by atoms with van der Waals surface area (Å²) in [5.74, 6) is 1.23. The van der Waals surface area contributed by atoms with Crippen molar-refractivity contribution >= 4 is 28.5 Å². The van der Waals surface area contributed by atoms with E-state index in [1.165, 1.54) is 11.3 Å². The average molecular weight is 428 g/mol. The van der Waals surface area contributed by atoms with E-state index < -0.39 is 0 Å². The number of nitriles is 1. The molecule has 154 valence electrons. The van der Waals surface area contributed by atoms with Crippen molar-refractivity contribution in [2.45, 2.75) is 71.9 Å². The molecule has 4 nitrogen and oxygen atoms in total. The lowest BCUT2D eigenvalue weighted by Crippen LogP contribution is -2.25. The first kappa shape index (κ1) is 21.7. The van der Waals surface area contributed by atoms with E-state index in [1.54, 1.807) is 23.5 Å². The molecule has 0 aliphatic heterocycles. The van der Waals surface area contributed by atoms with Crippen LogP contribution in [-0.2, 0) is 12.0 Å². The van der Waals surface area contributed by atoms with Crippen LogP contribution in [0.15, 0.2) is 29.4 Å². The van der Waals surface area contributed by atoms with E-state index in [0.717, 1.165) is 35.5 Å². The van der Waals surface area contributed by atoms with E-state index >= 15 is 0 Å². The largest absolute Gasteiger partial charge is 0.490 e. The van der Waals surface area contributed by atoms with Crippen molar-refractivity contribution in [3.05, 3.63) is 45.2 Å². The Hall–Kier alpha value is -1.97. The van der Waals surface area contributed by atoms with E-state index in [2.05, 4.69) is 51.5 Å². The molecule has 0 bridgehead atoms. The Labute approximate surface area is 182 Å². The summed E-state index contributed by atoms with van der Waals surface area (Å²) in [5, 5.41) is 9.33. The highest BCUT2D eigenvalue weighted by Crippen LogP contribution is 2.29. The number of rotatable bonds is 5. The summed E-state index contributed by atoms with van der Waals surface area (Å²) < 4.78 is 8.33. The fourth-order valence-corrected chi connectivity index (χ4v) is 4.39. The molecule has 0 atom stereocenters. The van der Waals surface area contributed by atoms with Crippen molar-refractivity contribution in [3.8, 4) is 11.8 Å². The van der Waals surface area contributed by atoms with Crippen LogP contribution in [0.2, 0.25) is 0 Å². The Balaban J connectivity index is 2.03. The lowest BCUT2D eigenvalue weighted by Gasteiger charge is -2.27. The molecule has 0 unspecified atom stereocenters. The predicted octanol–water partition coefficient (Wildman–Crippen LogP) is 5.58. The lowest BCUT2D eigenvalue weighted by molar-refractivity contribution is 0.120. The van der Waals surface area contributed by atoms with Crippen LogP contribution in [0.1, 0.15) is 69.9 Å². The Bertz CT molecular complexity index is 998. The minimum absolute atomic E-state index is 0.0536. The highest BCUT2D eigenvalue weighted by Gasteiger charge is 2.22. The van der Waals surface area contributed by atoms with Gasteiger partial charge in [0.05, 0.1) is 23.3 Å². The fourth-order valence-electron chi connectivity index (χ4n) is 3.02. The number of thiocarbonyl (C=S) groups is 1. The smallest absolute Gasteiger partial charge is 0.191 e. The molecule has 6 heteroatoms. The molecule has 2 aromatic rings. The zero-order chi connectivity index (χ0) is 21.2. The van der Waals surface area contributed by atoms with Crippen molar-refractivity contribution in [3.63, 3.8) is 0 Å². The number of thiazole rings is 1.